The van der Waals surface area contributed by atoms with Crippen LogP contribution in [0, 0.1) is 0 Å². The summed E-state index contributed by atoms with van der Waals surface area (Å²) in [5.74, 6) is 0.917. The molecule has 0 aliphatic carbocycles. The second-order valence-corrected chi connectivity index (χ2v) is 4.35. The van der Waals surface area contributed by atoms with Gasteiger partial charge in [0.2, 0.25) is 0 Å². The number of rotatable bonds is 0. The third kappa shape index (κ3) is 1.85. The maximum absolute atomic E-state index is 11.1. The van der Waals surface area contributed by atoms with Crippen molar-refractivity contribution in [1.82, 2.24) is 4.90 Å². The van der Waals surface area contributed by atoms with Gasteiger partial charge in [0.25, 0.3) is 0 Å². The Labute approximate surface area is 87.3 Å². The highest BCUT2D eigenvalue weighted by Crippen LogP contribution is 2.26. The molecule has 0 fully saturated rings. The third-order valence-corrected chi connectivity index (χ3v) is 3.36. The van der Waals surface area contributed by atoms with E-state index >= 15 is 0 Å². The zero-order valence-electron chi connectivity index (χ0n) is 7.77. The standard InChI is InChI=1S/C10H12N2OS/c11-10(13)12-5-6-14-9-4-2-1-3-8(9)7-12/h1-4H,5-7H2,(H2,11,13). The molecule has 3 nitrogen and oxygen atoms in total. The maximum atomic E-state index is 11.1. The molecule has 1 aliphatic rings. The number of fused-ring (bicyclic) bond motifs is 1. The zero-order chi connectivity index (χ0) is 9.97. The molecule has 0 spiro atoms. The van der Waals surface area contributed by atoms with Crippen LogP contribution in [0.1, 0.15) is 5.56 Å². The fourth-order valence-corrected chi connectivity index (χ4v) is 2.54. The highest BCUT2D eigenvalue weighted by atomic mass is 32.2. The van der Waals surface area contributed by atoms with E-state index in [0.717, 1.165) is 12.3 Å². The van der Waals surface area contributed by atoms with Crippen LogP contribution in [0.4, 0.5) is 4.79 Å². The van der Waals surface area contributed by atoms with Gasteiger partial charge in [0.15, 0.2) is 0 Å². The molecule has 2 N–H and O–H groups in total. The third-order valence-electron chi connectivity index (χ3n) is 2.26. The van der Waals surface area contributed by atoms with E-state index in [1.807, 2.05) is 18.2 Å². The number of carbonyl (C=O) groups excluding carboxylic acids is 1. The number of thioether (sulfide) groups is 1. The van der Waals surface area contributed by atoms with Crippen molar-refractivity contribution in [3.8, 4) is 0 Å². The maximum Gasteiger partial charge on any atom is 0.315 e. The highest BCUT2D eigenvalue weighted by molar-refractivity contribution is 7.99. The van der Waals surface area contributed by atoms with Crippen molar-refractivity contribution in [2.45, 2.75) is 11.4 Å². The minimum Gasteiger partial charge on any atom is -0.351 e. The van der Waals surface area contributed by atoms with E-state index in [9.17, 15) is 4.79 Å². The normalized spacial score (nSPS) is 15.9. The SMILES string of the molecule is NC(=O)N1CCSc2ccccc2C1. The van der Waals surface area contributed by atoms with Crippen LogP contribution in [0.2, 0.25) is 0 Å². The fraction of sp³-hybridized carbons (Fsp3) is 0.300. The smallest absolute Gasteiger partial charge is 0.315 e. The Hall–Kier alpha value is -1.16. The number of primary amides is 1. The van der Waals surface area contributed by atoms with E-state index < -0.39 is 0 Å². The van der Waals surface area contributed by atoms with Crippen LogP contribution < -0.4 is 5.73 Å². The fourth-order valence-electron chi connectivity index (χ4n) is 1.51. The Morgan fingerprint density at radius 3 is 3.00 bits per heavy atom. The van der Waals surface area contributed by atoms with Gasteiger partial charge in [-0.15, -0.1) is 11.8 Å². The molecule has 0 unspecified atom stereocenters. The molecule has 0 saturated carbocycles. The first kappa shape index (κ1) is 9.40. The Morgan fingerprint density at radius 1 is 1.43 bits per heavy atom. The largest absolute Gasteiger partial charge is 0.351 e. The van der Waals surface area contributed by atoms with E-state index in [2.05, 4.69) is 6.07 Å². The number of hydrogen-bond donors (Lipinski definition) is 1. The van der Waals surface area contributed by atoms with Crippen molar-refractivity contribution in [2.75, 3.05) is 12.3 Å². The van der Waals surface area contributed by atoms with Crippen LogP contribution in [0.25, 0.3) is 0 Å². The summed E-state index contributed by atoms with van der Waals surface area (Å²) >= 11 is 1.78. The van der Waals surface area contributed by atoms with Gasteiger partial charge in [-0.3, -0.25) is 0 Å². The predicted molar refractivity (Wildman–Crippen MR) is 57.2 cm³/mol. The number of hydrogen-bond acceptors (Lipinski definition) is 2. The lowest BCUT2D eigenvalue weighted by Crippen LogP contribution is -2.35. The summed E-state index contributed by atoms with van der Waals surface area (Å²) < 4.78 is 0. The number of nitrogens with two attached hydrogens (primary N) is 1. The molecule has 1 aromatic rings. The van der Waals surface area contributed by atoms with Gasteiger partial charge in [-0.05, 0) is 11.6 Å². The van der Waals surface area contributed by atoms with Crippen molar-refractivity contribution < 1.29 is 4.79 Å². The molecular formula is C10H12N2OS. The van der Waals surface area contributed by atoms with E-state index in [0.29, 0.717) is 6.54 Å². The van der Waals surface area contributed by atoms with Crippen LogP contribution in [0.15, 0.2) is 29.2 Å². The summed E-state index contributed by atoms with van der Waals surface area (Å²) in [6.07, 6.45) is 0. The average molecular weight is 208 g/mol. The summed E-state index contributed by atoms with van der Waals surface area (Å²) in [6.45, 7) is 1.37. The lowest BCUT2D eigenvalue weighted by atomic mass is 10.2. The van der Waals surface area contributed by atoms with E-state index in [4.69, 9.17) is 5.73 Å². The van der Waals surface area contributed by atoms with E-state index in [1.165, 1.54) is 10.5 Å². The molecule has 2 rings (SSSR count). The number of benzene rings is 1. The number of carbonyl (C=O) groups is 1. The number of amides is 2. The van der Waals surface area contributed by atoms with E-state index in [1.54, 1.807) is 16.7 Å². The quantitative estimate of drug-likeness (QED) is 0.705. The first-order valence-corrected chi connectivity index (χ1v) is 5.51. The molecule has 0 radical (unpaired) electrons. The summed E-state index contributed by atoms with van der Waals surface area (Å²) in [5, 5.41) is 0. The van der Waals surface area contributed by atoms with Crippen LogP contribution in [0.5, 0.6) is 0 Å². The first-order chi connectivity index (χ1) is 6.77. The molecule has 1 heterocycles. The lowest BCUT2D eigenvalue weighted by molar-refractivity contribution is 0.208. The second kappa shape index (κ2) is 3.92. The van der Waals surface area contributed by atoms with Gasteiger partial charge in [0.1, 0.15) is 0 Å². The second-order valence-electron chi connectivity index (χ2n) is 3.22. The zero-order valence-corrected chi connectivity index (χ0v) is 8.59. The monoisotopic (exact) mass is 208 g/mol. The molecule has 0 saturated heterocycles. The number of urea groups is 1. The highest BCUT2D eigenvalue weighted by Gasteiger charge is 2.16. The van der Waals surface area contributed by atoms with Gasteiger partial charge >= 0.3 is 6.03 Å². The van der Waals surface area contributed by atoms with Gasteiger partial charge < -0.3 is 10.6 Å². The lowest BCUT2D eigenvalue weighted by Gasteiger charge is -2.17. The predicted octanol–water partition coefficient (Wildman–Crippen LogP) is 1.67. The number of nitrogens with zero attached hydrogens (tertiary/aromatic N) is 1. The van der Waals surface area contributed by atoms with Crippen molar-refractivity contribution in [1.29, 1.82) is 0 Å². The first-order valence-electron chi connectivity index (χ1n) is 4.52. The Kier molecular flexibility index (Phi) is 2.63. The molecular weight excluding hydrogens is 196 g/mol. The molecule has 1 aliphatic heterocycles. The molecule has 74 valence electrons. The molecule has 0 atom stereocenters. The summed E-state index contributed by atoms with van der Waals surface area (Å²) in [5.41, 5.74) is 6.46. The van der Waals surface area contributed by atoms with Gasteiger partial charge in [0.05, 0.1) is 0 Å². The van der Waals surface area contributed by atoms with Gasteiger partial charge in [-0.1, -0.05) is 18.2 Å². The van der Waals surface area contributed by atoms with Crippen molar-refractivity contribution in [2.24, 2.45) is 5.73 Å². The van der Waals surface area contributed by atoms with Crippen molar-refractivity contribution in [3.63, 3.8) is 0 Å². The van der Waals surface area contributed by atoms with Crippen molar-refractivity contribution >= 4 is 17.8 Å². The summed E-state index contributed by atoms with van der Waals surface area (Å²) in [6, 6.07) is 7.81. The molecule has 4 heteroatoms. The van der Waals surface area contributed by atoms with Gasteiger partial charge in [0, 0.05) is 23.7 Å². The summed E-state index contributed by atoms with van der Waals surface area (Å²) in [7, 11) is 0. The van der Waals surface area contributed by atoms with Crippen LogP contribution in [0.3, 0.4) is 0 Å². The minimum absolute atomic E-state index is 0.331. The van der Waals surface area contributed by atoms with Gasteiger partial charge in [-0.25, -0.2) is 4.79 Å². The van der Waals surface area contributed by atoms with E-state index in [-0.39, 0.29) is 6.03 Å². The van der Waals surface area contributed by atoms with Crippen LogP contribution in [-0.2, 0) is 6.54 Å². The molecule has 0 aromatic heterocycles. The molecule has 0 bridgehead atoms. The Bertz CT molecular complexity index is 354. The molecule has 14 heavy (non-hydrogen) atoms. The summed E-state index contributed by atoms with van der Waals surface area (Å²) in [4.78, 5) is 14.0. The van der Waals surface area contributed by atoms with Crippen LogP contribution in [-0.4, -0.2) is 23.2 Å². The van der Waals surface area contributed by atoms with Crippen molar-refractivity contribution in [3.05, 3.63) is 29.8 Å². The topological polar surface area (TPSA) is 46.3 Å². The average Bonchev–Trinajstić information content (AvgIpc) is 2.39. The Balaban J connectivity index is 2.26. The Morgan fingerprint density at radius 2 is 2.21 bits per heavy atom. The van der Waals surface area contributed by atoms with Gasteiger partial charge in [-0.2, -0.15) is 0 Å². The van der Waals surface area contributed by atoms with Crippen LogP contribution >= 0.6 is 11.8 Å². The molecule has 2 amide bonds. The minimum atomic E-state index is -0.331. The molecule has 1 aromatic carbocycles.